The van der Waals surface area contributed by atoms with E-state index in [1.54, 1.807) is 58.2 Å². The van der Waals surface area contributed by atoms with Crippen molar-refractivity contribution >= 4 is 45.2 Å². The number of nitrogens with zero attached hydrogens (tertiary/aromatic N) is 7. The molecule has 0 N–H and O–H groups in total. The predicted molar refractivity (Wildman–Crippen MR) is 188 cm³/mol. The first-order valence-corrected chi connectivity index (χ1v) is 16.2. The number of nitriles is 1. The van der Waals surface area contributed by atoms with Gasteiger partial charge in [0.2, 0.25) is 0 Å². The van der Waals surface area contributed by atoms with E-state index in [-0.39, 0.29) is 22.2 Å². The lowest BCUT2D eigenvalue weighted by Crippen LogP contribution is -2.39. The third-order valence-corrected chi connectivity index (χ3v) is 7.71. The molecule has 1 aliphatic rings. The molecule has 0 atom stereocenters. The molecule has 49 heavy (non-hydrogen) atoms. The average Bonchev–Trinajstić information content (AvgIpc) is 3.07. The van der Waals surface area contributed by atoms with Gasteiger partial charge in [-0.15, -0.1) is 0 Å². The highest BCUT2D eigenvalue weighted by Crippen LogP contribution is 2.38. The van der Waals surface area contributed by atoms with Crippen LogP contribution in [0.2, 0.25) is 5.02 Å². The summed E-state index contributed by atoms with van der Waals surface area (Å²) < 4.78 is 46.3. The Bertz CT molecular complexity index is 1780. The number of rotatable bonds is 7. The Balaban J connectivity index is 0.000000562. The molecule has 0 radical (unpaired) electrons. The normalized spacial score (nSPS) is 13.0. The van der Waals surface area contributed by atoms with Crippen LogP contribution in [0.25, 0.3) is 32.9 Å². The van der Waals surface area contributed by atoms with Crippen molar-refractivity contribution < 1.29 is 27.8 Å². The van der Waals surface area contributed by atoms with Crippen molar-refractivity contribution in [3.63, 3.8) is 0 Å². The Kier molecular flexibility index (Phi) is 14.2. The SMILES string of the molecule is CC#N.CCN(CCN(C)C(=O)OC(C)(C)C)c1nc(OC)nc2c(F)c(-c3cccc4ccc(F)c(Cl)c34)ncc12.CN1CCOCC1. The maximum atomic E-state index is 16.1. The molecule has 1 fully saturated rings. The summed E-state index contributed by atoms with van der Waals surface area (Å²) in [5.74, 6) is -0.930. The number of fused-ring (bicyclic) bond motifs is 2. The standard InChI is InChI=1S/C28H30ClF2N5O3.C5H11NO.C2H3N/c1-7-36(14-13-35(5)27(37)39-28(2,3)4)25-18-15-32-23(22(31)24(18)33-26(34-25)38-6)17-10-8-9-16-11-12-19(30)21(29)20(16)17;1-6-2-4-7-5-3-6;1-2-3/h8-12,15H,7,13-14H2,1-6H3;2-5H2,1H3;1H3. The van der Waals surface area contributed by atoms with Gasteiger partial charge in [-0.1, -0.05) is 35.9 Å². The number of carbonyl (C=O) groups is 1. The minimum Gasteiger partial charge on any atom is -0.467 e. The minimum atomic E-state index is -0.718. The number of amides is 1. The van der Waals surface area contributed by atoms with Crippen molar-refractivity contribution in [3.8, 4) is 23.3 Å². The van der Waals surface area contributed by atoms with Gasteiger partial charge in [-0.3, -0.25) is 4.98 Å². The van der Waals surface area contributed by atoms with Crippen LogP contribution < -0.4 is 9.64 Å². The lowest BCUT2D eigenvalue weighted by Gasteiger charge is -2.28. The third kappa shape index (κ3) is 10.3. The topological polar surface area (TPSA) is 117 Å². The number of carbonyl (C=O) groups excluding carboxylic acids is 1. The summed E-state index contributed by atoms with van der Waals surface area (Å²) in [4.78, 5) is 31.2. The number of halogens is 3. The molecular weight excluding hydrogens is 656 g/mol. The van der Waals surface area contributed by atoms with Crippen LogP contribution in [0.4, 0.5) is 19.4 Å². The molecule has 0 bridgehead atoms. The van der Waals surface area contributed by atoms with Gasteiger partial charge in [-0.05, 0) is 46.2 Å². The number of benzene rings is 2. The molecule has 1 saturated heterocycles. The van der Waals surface area contributed by atoms with Crippen LogP contribution in [0.15, 0.2) is 36.5 Å². The number of ether oxygens (including phenoxy) is 3. The molecule has 2 aromatic heterocycles. The first-order valence-electron chi connectivity index (χ1n) is 15.8. The summed E-state index contributed by atoms with van der Waals surface area (Å²) in [5.41, 5.74) is -0.320. The highest BCUT2D eigenvalue weighted by Gasteiger charge is 2.24. The van der Waals surface area contributed by atoms with Crippen LogP contribution in [-0.2, 0) is 9.47 Å². The second-order valence-electron chi connectivity index (χ2n) is 12.1. The molecule has 11 nitrogen and oxygen atoms in total. The van der Waals surface area contributed by atoms with Gasteiger partial charge in [0.05, 0.1) is 36.8 Å². The van der Waals surface area contributed by atoms with Gasteiger partial charge in [0.1, 0.15) is 28.4 Å². The summed E-state index contributed by atoms with van der Waals surface area (Å²) >= 11 is 6.29. The number of anilines is 1. The van der Waals surface area contributed by atoms with E-state index < -0.39 is 23.3 Å². The fourth-order valence-corrected chi connectivity index (χ4v) is 5.09. The molecule has 1 amide bonds. The zero-order chi connectivity index (χ0) is 36.3. The smallest absolute Gasteiger partial charge is 0.410 e. The van der Waals surface area contributed by atoms with Gasteiger partial charge in [-0.2, -0.15) is 15.2 Å². The molecule has 1 aliphatic heterocycles. The number of likely N-dealkylation sites (N-methyl/N-ethyl adjacent to an activating group) is 3. The van der Waals surface area contributed by atoms with Crippen LogP contribution in [0, 0.1) is 23.0 Å². The fraction of sp³-hybridized carbons (Fsp3) is 0.457. The van der Waals surface area contributed by atoms with E-state index >= 15 is 4.39 Å². The summed E-state index contributed by atoms with van der Waals surface area (Å²) in [6.45, 7) is 14.0. The number of morpholine rings is 1. The van der Waals surface area contributed by atoms with Crippen LogP contribution in [-0.4, -0.2) is 104 Å². The van der Waals surface area contributed by atoms with Crippen LogP contribution in [0.1, 0.15) is 34.6 Å². The van der Waals surface area contributed by atoms with E-state index in [4.69, 9.17) is 31.1 Å². The monoisotopic (exact) mass is 699 g/mol. The van der Waals surface area contributed by atoms with Gasteiger partial charge in [0.25, 0.3) is 0 Å². The van der Waals surface area contributed by atoms with Gasteiger partial charge in [0, 0.05) is 63.8 Å². The van der Waals surface area contributed by atoms with Crippen LogP contribution in [0.3, 0.4) is 0 Å². The molecule has 3 heterocycles. The molecule has 5 rings (SSSR count). The fourth-order valence-electron chi connectivity index (χ4n) is 4.82. The average molecular weight is 700 g/mol. The number of hydrogen-bond acceptors (Lipinski definition) is 10. The predicted octanol–water partition coefficient (Wildman–Crippen LogP) is 6.96. The number of aromatic nitrogens is 3. The molecular formula is C35H44ClF2N7O4. The molecule has 264 valence electrons. The van der Waals surface area contributed by atoms with Gasteiger partial charge in [0.15, 0.2) is 5.82 Å². The maximum absolute atomic E-state index is 16.1. The maximum Gasteiger partial charge on any atom is 0.410 e. The number of hydrogen-bond donors (Lipinski definition) is 0. The summed E-state index contributed by atoms with van der Waals surface area (Å²) in [6, 6.07) is 9.69. The van der Waals surface area contributed by atoms with Gasteiger partial charge >= 0.3 is 12.1 Å². The molecule has 14 heteroatoms. The Morgan fingerprint density at radius 1 is 1.14 bits per heavy atom. The van der Waals surface area contributed by atoms with Crippen molar-refractivity contribution in [2.45, 2.75) is 40.2 Å². The second-order valence-corrected chi connectivity index (χ2v) is 12.5. The van der Waals surface area contributed by atoms with E-state index in [0.29, 0.717) is 47.2 Å². The van der Waals surface area contributed by atoms with Gasteiger partial charge in [-0.25, -0.2) is 13.6 Å². The molecule has 0 saturated carbocycles. The largest absolute Gasteiger partial charge is 0.467 e. The Labute approximate surface area is 291 Å². The highest BCUT2D eigenvalue weighted by molar-refractivity contribution is 6.36. The van der Waals surface area contributed by atoms with E-state index in [1.165, 1.54) is 31.2 Å². The first-order chi connectivity index (χ1) is 23.3. The summed E-state index contributed by atoms with van der Waals surface area (Å²) in [5, 5.41) is 8.56. The van der Waals surface area contributed by atoms with Crippen molar-refractivity contribution in [3.05, 3.63) is 53.2 Å². The second kappa shape index (κ2) is 17.9. The zero-order valence-electron chi connectivity index (χ0n) is 29.3. The summed E-state index contributed by atoms with van der Waals surface area (Å²) in [6.07, 6.45) is 1.03. The molecule has 4 aromatic rings. The van der Waals surface area contributed by atoms with Crippen molar-refractivity contribution in [2.75, 3.05) is 72.0 Å². The third-order valence-electron chi connectivity index (χ3n) is 7.34. The molecule has 0 unspecified atom stereocenters. The lowest BCUT2D eigenvalue weighted by molar-refractivity contribution is 0.0303. The number of methoxy groups -OCH3 is 1. The van der Waals surface area contributed by atoms with E-state index in [9.17, 15) is 9.18 Å². The molecule has 0 aliphatic carbocycles. The van der Waals surface area contributed by atoms with Crippen molar-refractivity contribution in [2.24, 2.45) is 0 Å². The Morgan fingerprint density at radius 2 is 1.82 bits per heavy atom. The van der Waals surface area contributed by atoms with E-state index in [1.807, 2.05) is 11.8 Å². The Hall–Kier alpha value is -4.38. The van der Waals surface area contributed by atoms with E-state index in [0.717, 1.165) is 26.3 Å². The highest BCUT2D eigenvalue weighted by atomic mass is 35.5. The van der Waals surface area contributed by atoms with E-state index in [2.05, 4.69) is 26.9 Å². The first kappa shape index (κ1) is 39.1. The molecule has 0 spiro atoms. The molecule has 2 aromatic carbocycles. The zero-order valence-corrected chi connectivity index (χ0v) is 30.1. The lowest BCUT2D eigenvalue weighted by atomic mass is 10.0. The number of pyridine rings is 1. The quantitative estimate of drug-likeness (QED) is 0.200. The van der Waals surface area contributed by atoms with Crippen LogP contribution in [0.5, 0.6) is 6.01 Å². The summed E-state index contributed by atoms with van der Waals surface area (Å²) in [7, 11) is 5.15. The van der Waals surface area contributed by atoms with Gasteiger partial charge < -0.3 is 28.9 Å². The van der Waals surface area contributed by atoms with Crippen molar-refractivity contribution in [1.82, 2.24) is 24.8 Å². The van der Waals surface area contributed by atoms with Crippen molar-refractivity contribution in [1.29, 1.82) is 5.26 Å². The van der Waals surface area contributed by atoms with Crippen LogP contribution >= 0.6 is 11.6 Å². The minimum absolute atomic E-state index is 0.00896. The Morgan fingerprint density at radius 3 is 2.39 bits per heavy atom.